The van der Waals surface area contributed by atoms with Crippen LogP contribution < -0.4 is 15.8 Å². The fraction of sp³-hybridized carbons (Fsp3) is 0.318. The Morgan fingerprint density at radius 2 is 2.03 bits per heavy atom. The summed E-state index contributed by atoms with van der Waals surface area (Å²) >= 11 is 1.25. The van der Waals surface area contributed by atoms with Crippen molar-refractivity contribution in [1.82, 2.24) is 4.98 Å². The normalized spacial score (nSPS) is 16.7. The summed E-state index contributed by atoms with van der Waals surface area (Å²) in [6, 6.07) is 11.8. The molecule has 1 aromatic heterocycles. The third-order valence-corrected chi connectivity index (χ3v) is 6.16. The first-order valence-electron chi connectivity index (χ1n) is 9.83. The lowest BCUT2D eigenvalue weighted by Gasteiger charge is -2.20. The second-order valence-corrected chi connectivity index (χ2v) is 8.29. The van der Waals surface area contributed by atoms with Crippen LogP contribution in [0.5, 0.6) is 5.75 Å². The highest BCUT2D eigenvalue weighted by atomic mass is 32.2. The lowest BCUT2D eigenvalue weighted by Crippen LogP contribution is -2.14. The van der Waals surface area contributed by atoms with E-state index in [1.165, 1.54) is 24.6 Å². The molecule has 1 saturated carbocycles. The van der Waals surface area contributed by atoms with Crippen molar-refractivity contribution >= 4 is 45.1 Å². The third-order valence-electron chi connectivity index (χ3n) is 5.31. The summed E-state index contributed by atoms with van der Waals surface area (Å²) in [5.41, 5.74) is 10.0. The topological polar surface area (TPSA) is 96.4 Å². The molecule has 29 heavy (non-hydrogen) atoms. The van der Waals surface area contributed by atoms with Crippen LogP contribution in [0.4, 0.5) is 11.5 Å². The highest BCUT2D eigenvalue weighted by Gasteiger charge is 2.21. The maximum atomic E-state index is 8.24. The van der Waals surface area contributed by atoms with Crippen LogP contribution in [0, 0.1) is 11.3 Å². The summed E-state index contributed by atoms with van der Waals surface area (Å²) in [4.78, 5) is 9.09. The Hall–Kier alpha value is -2.80. The fourth-order valence-electron chi connectivity index (χ4n) is 3.80. The van der Waals surface area contributed by atoms with E-state index in [1.54, 1.807) is 7.11 Å². The minimum Gasteiger partial charge on any atom is -0.496 e. The lowest BCUT2D eigenvalue weighted by molar-refractivity contribution is 0.413. The van der Waals surface area contributed by atoms with E-state index in [-0.39, 0.29) is 0 Å². The number of rotatable bonds is 4. The van der Waals surface area contributed by atoms with Crippen LogP contribution in [0.1, 0.15) is 36.9 Å². The summed E-state index contributed by atoms with van der Waals surface area (Å²) in [7, 11) is 1.68. The van der Waals surface area contributed by atoms with Gasteiger partial charge in [-0.3, -0.25) is 5.41 Å². The predicted molar refractivity (Wildman–Crippen MR) is 122 cm³/mol. The number of nitrogens with two attached hydrogens (primary N) is 1. The van der Waals surface area contributed by atoms with Crippen LogP contribution >= 0.6 is 11.8 Å². The molecule has 2 aromatic rings. The number of anilines is 1. The molecule has 4 N–H and O–H groups in total. The first kappa shape index (κ1) is 19.5. The molecule has 1 aliphatic heterocycles. The molecule has 150 valence electrons. The van der Waals surface area contributed by atoms with Gasteiger partial charge in [-0.25, -0.2) is 9.98 Å². The van der Waals surface area contributed by atoms with Gasteiger partial charge < -0.3 is 15.8 Å². The minimum absolute atomic E-state index is 0.334. The maximum absolute atomic E-state index is 8.24. The molecule has 0 bridgehead atoms. The first-order chi connectivity index (χ1) is 14.1. The standard InChI is InChI=1S/C22H25N5OS/c1-28-19-9-5-4-8-16(19)15-12-18-17(25-13-15)10-11-20(26-18)27-22(24)29-21(23)14-6-2-3-7-14/h4-5,8-12,14,23,25H,2-3,6-7,13H2,1H3,(H2,24,26,27). The number of thioether (sulfide) groups is 1. The molecule has 0 saturated heterocycles. The molecule has 1 fully saturated rings. The summed E-state index contributed by atoms with van der Waals surface area (Å²) in [6.45, 7) is 0.703. The highest BCUT2D eigenvalue weighted by molar-refractivity contribution is 8.26. The van der Waals surface area contributed by atoms with Gasteiger partial charge in [-0.05, 0) is 54.5 Å². The number of hydrogen-bond acceptors (Lipinski definition) is 6. The number of amidine groups is 1. The summed E-state index contributed by atoms with van der Waals surface area (Å²) in [5.74, 6) is 1.72. The molecule has 2 heterocycles. The van der Waals surface area contributed by atoms with Crippen molar-refractivity contribution in [3.05, 3.63) is 47.7 Å². The lowest BCUT2D eigenvalue weighted by atomic mass is 10.0. The Bertz CT molecular complexity index is 979. The quantitative estimate of drug-likeness (QED) is 0.495. The molecule has 2 aliphatic rings. The van der Waals surface area contributed by atoms with Crippen LogP contribution in [-0.2, 0) is 0 Å². The number of benzene rings is 1. The number of ether oxygens (including phenoxy) is 1. The van der Waals surface area contributed by atoms with E-state index in [1.807, 2.05) is 36.4 Å². The van der Waals surface area contributed by atoms with Gasteiger partial charge in [-0.1, -0.05) is 31.0 Å². The van der Waals surface area contributed by atoms with Gasteiger partial charge in [0.15, 0.2) is 11.0 Å². The Kier molecular flexibility index (Phi) is 5.85. The van der Waals surface area contributed by atoms with E-state index in [0.717, 1.165) is 41.1 Å². The monoisotopic (exact) mass is 407 g/mol. The highest BCUT2D eigenvalue weighted by Crippen LogP contribution is 2.33. The molecule has 1 aromatic carbocycles. The second kappa shape index (κ2) is 8.69. The van der Waals surface area contributed by atoms with E-state index < -0.39 is 0 Å². The fourth-order valence-corrected chi connectivity index (χ4v) is 4.56. The van der Waals surface area contributed by atoms with E-state index in [0.29, 0.717) is 28.5 Å². The van der Waals surface area contributed by atoms with Gasteiger partial charge in [-0.15, -0.1) is 0 Å². The molecule has 0 unspecified atom stereocenters. The number of nitrogens with zero attached hydrogens (tertiary/aromatic N) is 2. The molecule has 0 amide bonds. The number of pyridine rings is 1. The first-order valence-corrected chi connectivity index (χ1v) is 10.6. The van der Waals surface area contributed by atoms with Crippen LogP contribution in [0.3, 0.4) is 0 Å². The maximum Gasteiger partial charge on any atom is 0.166 e. The number of hydrogen-bond donors (Lipinski definition) is 3. The zero-order valence-corrected chi connectivity index (χ0v) is 17.3. The minimum atomic E-state index is 0.334. The van der Waals surface area contributed by atoms with Crippen molar-refractivity contribution in [2.45, 2.75) is 25.7 Å². The molecular weight excluding hydrogens is 382 g/mol. The van der Waals surface area contributed by atoms with Gasteiger partial charge >= 0.3 is 0 Å². The van der Waals surface area contributed by atoms with Crippen molar-refractivity contribution in [2.24, 2.45) is 16.6 Å². The third kappa shape index (κ3) is 4.45. The van der Waals surface area contributed by atoms with Crippen LogP contribution in [0.2, 0.25) is 0 Å². The summed E-state index contributed by atoms with van der Waals surface area (Å²) < 4.78 is 5.49. The van der Waals surface area contributed by atoms with Gasteiger partial charge in [0, 0.05) is 18.0 Å². The molecule has 7 heteroatoms. The Morgan fingerprint density at radius 3 is 2.83 bits per heavy atom. The van der Waals surface area contributed by atoms with E-state index >= 15 is 0 Å². The van der Waals surface area contributed by atoms with Crippen molar-refractivity contribution in [3.8, 4) is 5.75 Å². The Labute approximate surface area is 175 Å². The Balaban J connectivity index is 1.55. The van der Waals surface area contributed by atoms with Crippen molar-refractivity contribution in [3.63, 3.8) is 0 Å². The van der Waals surface area contributed by atoms with E-state index in [9.17, 15) is 0 Å². The molecule has 1 aliphatic carbocycles. The van der Waals surface area contributed by atoms with Gasteiger partial charge in [0.1, 0.15) is 5.75 Å². The molecule has 0 atom stereocenters. The summed E-state index contributed by atoms with van der Waals surface area (Å²) in [5, 5.41) is 12.6. The molecule has 4 rings (SSSR count). The van der Waals surface area contributed by atoms with Gasteiger partial charge in [0.05, 0.1) is 23.5 Å². The van der Waals surface area contributed by atoms with Crippen molar-refractivity contribution in [1.29, 1.82) is 5.41 Å². The zero-order valence-electron chi connectivity index (χ0n) is 16.4. The smallest absolute Gasteiger partial charge is 0.166 e. The number of aromatic nitrogens is 1. The average molecular weight is 408 g/mol. The second-order valence-electron chi connectivity index (χ2n) is 7.22. The molecule has 0 radical (unpaired) electrons. The van der Waals surface area contributed by atoms with Crippen molar-refractivity contribution < 1.29 is 4.74 Å². The molecule has 6 nitrogen and oxygen atoms in total. The van der Waals surface area contributed by atoms with Gasteiger partial charge in [0.2, 0.25) is 0 Å². The predicted octanol–water partition coefficient (Wildman–Crippen LogP) is 4.90. The number of aliphatic imine (C=N–C) groups is 1. The molecular formula is C22H25N5OS. The zero-order chi connectivity index (χ0) is 20.2. The van der Waals surface area contributed by atoms with Crippen LogP contribution in [-0.4, -0.2) is 28.8 Å². The van der Waals surface area contributed by atoms with E-state index in [4.69, 9.17) is 15.9 Å². The largest absolute Gasteiger partial charge is 0.496 e. The number of methoxy groups -OCH3 is 1. The van der Waals surface area contributed by atoms with Gasteiger partial charge in [-0.2, -0.15) is 0 Å². The van der Waals surface area contributed by atoms with Crippen molar-refractivity contribution in [2.75, 3.05) is 19.0 Å². The number of fused-ring (bicyclic) bond motifs is 1. The van der Waals surface area contributed by atoms with Crippen LogP contribution in [0.25, 0.3) is 11.6 Å². The van der Waals surface area contributed by atoms with Gasteiger partial charge in [0.25, 0.3) is 0 Å². The summed E-state index contributed by atoms with van der Waals surface area (Å²) in [6.07, 6.45) is 6.62. The average Bonchev–Trinajstić information content (AvgIpc) is 3.28. The SMILES string of the molecule is COc1ccccc1C1=Cc2nc(N=C(N)SC(=N)C3CCCC3)ccc2NC1. The Morgan fingerprint density at radius 1 is 1.24 bits per heavy atom. The number of nitrogens with one attached hydrogen (secondary N) is 2. The van der Waals surface area contributed by atoms with Crippen LogP contribution in [0.15, 0.2) is 41.4 Å². The number of para-hydroxylation sites is 1. The van der Waals surface area contributed by atoms with E-state index in [2.05, 4.69) is 21.4 Å². The molecule has 0 spiro atoms.